The van der Waals surface area contributed by atoms with Crippen molar-refractivity contribution in [2.24, 2.45) is 17.8 Å². The Balaban J connectivity index is 1.13. The summed E-state index contributed by atoms with van der Waals surface area (Å²) in [6.07, 6.45) is 9.36. The second-order valence-corrected chi connectivity index (χ2v) is 19.7. The number of aryl methyl sites for hydroxylation is 1. The minimum atomic E-state index is -4.00. The van der Waals surface area contributed by atoms with Crippen LogP contribution in [-0.4, -0.2) is 94.8 Å². The maximum atomic E-state index is 14.9. The lowest BCUT2D eigenvalue weighted by molar-refractivity contribution is -0.142. The Labute approximate surface area is 333 Å². The van der Waals surface area contributed by atoms with Crippen LogP contribution in [0.1, 0.15) is 103 Å². The van der Waals surface area contributed by atoms with Gasteiger partial charge in [0.2, 0.25) is 27.7 Å². The van der Waals surface area contributed by atoms with Gasteiger partial charge in [-0.1, -0.05) is 37.8 Å². The zero-order valence-corrected chi connectivity index (χ0v) is 33.8. The molecule has 1 saturated heterocycles. The number of amides is 4. The molecule has 3 N–H and O–H groups in total. The van der Waals surface area contributed by atoms with Crippen molar-refractivity contribution in [2.75, 3.05) is 13.7 Å². The van der Waals surface area contributed by atoms with Gasteiger partial charge in [0, 0.05) is 18.3 Å². The lowest BCUT2D eigenvalue weighted by atomic mass is 9.96. The molecule has 57 heavy (non-hydrogen) atoms. The van der Waals surface area contributed by atoms with Crippen LogP contribution in [0.15, 0.2) is 30.9 Å². The number of benzene rings is 1. The van der Waals surface area contributed by atoms with Crippen LogP contribution >= 0.6 is 0 Å². The van der Waals surface area contributed by atoms with Gasteiger partial charge >= 0.3 is 6.09 Å². The molecule has 5 fully saturated rings. The largest absolute Gasteiger partial charge is 0.494 e. The van der Waals surface area contributed by atoms with Crippen molar-refractivity contribution in [2.45, 2.75) is 138 Å². The predicted molar refractivity (Wildman–Crippen MR) is 209 cm³/mol. The molecule has 6 aliphatic rings. The fourth-order valence-corrected chi connectivity index (χ4v) is 10.5. The molecular formula is C41H54N6O9S. The fourth-order valence-electron chi connectivity index (χ4n) is 9.19. The van der Waals surface area contributed by atoms with E-state index in [4.69, 9.17) is 24.2 Å². The molecule has 3 heterocycles. The van der Waals surface area contributed by atoms with E-state index in [1.165, 1.54) is 11.0 Å². The van der Waals surface area contributed by atoms with Crippen LogP contribution in [0.4, 0.5) is 4.79 Å². The molecule has 0 unspecified atom stereocenters. The minimum absolute atomic E-state index is 0.0153. The highest BCUT2D eigenvalue weighted by Crippen LogP contribution is 2.50. The van der Waals surface area contributed by atoms with Crippen molar-refractivity contribution in [1.29, 1.82) is 0 Å². The summed E-state index contributed by atoms with van der Waals surface area (Å²) in [5.74, 6) is -1.58. The van der Waals surface area contributed by atoms with Gasteiger partial charge in [-0.25, -0.2) is 23.2 Å². The average Bonchev–Trinajstić information content (AvgIpc) is 4.09. The van der Waals surface area contributed by atoms with E-state index in [2.05, 4.69) is 21.9 Å². The molecule has 16 heteroatoms. The molecule has 7 atom stereocenters. The number of methoxy groups -OCH3 is 1. The topological polar surface area (TPSA) is 195 Å². The fraction of sp³-hybridized carbons (Fsp3) is 0.659. The summed E-state index contributed by atoms with van der Waals surface area (Å²) in [6, 6.07) is 3.43. The number of para-hydroxylation sites is 1. The molecule has 4 aliphatic carbocycles. The number of hydrogen-bond donors (Lipinski definition) is 3. The van der Waals surface area contributed by atoms with Gasteiger partial charge in [0.25, 0.3) is 5.91 Å². The van der Waals surface area contributed by atoms with Gasteiger partial charge in [-0.05, 0) is 89.7 Å². The Hall–Kier alpha value is -4.47. The van der Waals surface area contributed by atoms with Gasteiger partial charge in [0.05, 0.1) is 23.9 Å². The van der Waals surface area contributed by atoms with Crippen molar-refractivity contribution >= 4 is 44.9 Å². The first-order chi connectivity index (χ1) is 27.2. The Morgan fingerprint density at radius 1 is 1.05 bits per heavy atom. The zero-order valence-electron chi connectivity index (χ0n) is 33.0. The molecule has 4 amide bonds. The SMILES string of the molecule is C=C[C@@H]1C[C@]1(NC(=O)[C@@H]1C[C@@H]2CN1C(=O)[C@H](C1CCCC1)NC(=O)O[C@]1(C)C[C@H]1CCCCCc1nc3cccc(OC)c3nc1O2)C(=O)NS(=O)(=O)C1(C)CC1. The van der Waals surface area contributed by atoms with Gasteiger partial charge in [0.1, 0.15) is 46.3 Å². The minimum Gasteiger partial charge on any atom is -0.494 e. The van der Waals surface area contributed by atoms with E-state index in [-0.39, 0.29) is 31.2 Å². The van der Waals surface area contributed by atoms with Crippen LogP contribution in [0.3, 0.4) is 0 Å². The first-order valence-corrected chi connectivity index (χ1v) is 22.0. The number of sulfonamides is 1. The Kier molecular flexibility index (Phi) is 10.2. The molecule has 4 saturated carbocycles. The Bertz CT molecular complexity index is 2090. The number of ether oxygens (including phenoxy) is 3. The summed E-state index contributed by atoms with van der Waals surface area (Å²) in [5.41, 5.74) is -0.345. The van der Waals surface area contributed by atoms with E-state index in [9.17, 15) is 27.6 Å². The molecule has 308 valence electrons. The quantitative estimate of drug-likeness (QED) is 0.323. The lowest BCUT2D eigenvalue weighted by Gasteiger charge is -2.32. The first kappa shape index (κ1) is 39.4. The second kappa shape index (κ2) is 14.7. The summed E-state index contributed by atoms with van der Waals surface area (Å²) in [5, 5.41) is 5.78. The summed E-state index contributed by atoms with van der Waals surface area (Å²) in [6.45, 7) is 7.32. The number of aromatic nitrogens is 2. The van der Waals surface area contributed by atoms with Gasteiger partial charge < -0.3 is 29.7 Å². The summed E-state index contributed by atoms with van der Waals surface area (Å²) in [4.78, 5) is 68.0. The molecule has 2 aliphatic heterocycles. The number of carbonyl (C=O) groups excluding carboxylic acids is 4. The highest BCUT2D eigenvalue weighted by Gasteiger charge is 2.63. The number of fused-ring (bicyclic) bond motifs is 5. The van der Waals surface area contributed by atoms with E-state index >= 15 is 0 Å². The molecule has 1 aromatic heterocycles. The third kappa shape index (κ3) is 7.53. The van der Waals surface area contributed by atoms with E-state index in [0.29, 0.717) is 47.6 Å². The van der Waals surface area contributed by atoms with Gasteiger partial charge in [0.15, 0.2) is 0 Å². The van der Waals surface area contributed by atoms with Crippen molar-refractivity contribution < 1.29 is 41.8 Å². The normalized spacial score (nSPS) is 32.6. The van der Waals surface area contributed by atoms with E-state index in [0.717, 1.165) is 57.8 Å². The van der Waals surface area contributed by atoms with Crippen LogP contribution < -0.4 is 24.8 Å². The first-order valence-electron chi connectivity index (χ1n) is 20.5. The number of carbonyl (C=O) groups is 4. The number of hydrogen-bond acceptors (Lipinski definition) is 11. The number of nitrogens with zero attached hydrogens (tertiary/aromatic N) is 3. The van der Waals surface area contributed by atoms with Gasteiger partial charge in [-0.2, -0.15) is 0 Å². The highest BCUT2D eigenvalue weighted by atomic mass is 32.2. The molecule has 1 aromatic carbocycles. The molecule has 2 aromatic rings. The number of nitrogens with one attached hydrogen (secondary N) is 3. The summed E-state index contributed by atoms with van der Waals surface area (Å²) in [7, 11) is -2.44. The van der Waals surface area contributed by atoms with Crippen molar-refractivity contribution in [3.05, 3.63) is 36.5 Å². The maximum Gasteiger partial charge on any atom is 0.408 e. The van der Waals surface area contributed by atoms with E-state index < -0.39 is 73.8 Å². The number of rotatable bonds is 8. The molecule has 8 rings (SSSR count). The monoisotopic (exact) mass is 806 g/mol. The van der Waals surface area contributed by atoms with Crippen molar-refractivity contribution in [3.63, 3.8) is 0 Å². The zero-order chi connectivity index (χ0) is 40.3. The standard InChI is InChI=1S/C41H54N6O9S/c1-5-25-22-41(25,37(50)46-57(52,53)39(2)18-19-39)45-34(48)30-20-27-23-47(30)36(49)32(24-12-9-10-13-24)44-38(51)56-40(3)21-26(40)14-7-6-8-15-29-35(55-27)43-33-28(42-29)16-11-17-31(33)54-4/h5,11,16-17,24-27,30,32H,1,6-10,12-15,18-23H2,2-4H3,(H,44,51)(H,45,48)(H,46,50)/t25-,26-,27-,30+,32+,40-,41-/m1/s1. The summed E-state index contributed by atoms with van der Waals surface area (Å²) >= 11 is 0. The summed E-state index contributed by atoms with van der Waals surface area (Å²) < 4.78 is 45.6. The highest BCUT2D eigenvalue weighted by molar-refractivity contribution is 7.91. The second-order valence-electron chi connectivity index (χ2n) is 17.5. The van der Waals surface area contributed by atoms with Crippen molar-refractivity contribution in [1.82, 2.24) is 30.2 Å². The van der Waals surface area contributed by atoms with Crippen LogP contribution in [0, 0.1) is 17.8 Å². The molecule has 0 radical (unpaired) electrons. The van der Waals surface area contributed by atoms with Crippen LogP contribution in [0.2, 0.25) is 0 Å². The third-order valence-electron chi connectivity index (χ3n) is 13.5. The average molecular weight is 807 g/mol. The molecular weight excluding hydrogens is 753 g/mol. The van der Waals surface area contributed by atoms with Gasteiger partial charge in [-0.15, -0.1) is 6.58 Å². The van der Waals surface area contributed by atoms with Crippen LogP contribution in [0.25, 0.3) is 11.0 Å². The van der Waals surface area contributed by atoms with Crippen LogP contribution in [0.5, 0.6) is 11.6 Å². The van der Waals surface area contributed by atoms with Crippen LogP contribution in [-0.2, 0) is 35.6 Å². The maximum absolute atomic E-state index is 14.9. The lowest BCUT2D eigenvalue weighted by Crippen LogP contribution is -2.59. The molecule has 15 nitrogen and oxygen atoms in total. The van der Waals surface area contributed by atoms with E-state index in [1.807, 2.05) is 19.1 Å². The predicted octanol–water partition coefficient (Wildman–Crippen LogP) is 4.23. The Morgan fingerprint density at radius 3 is 2.51 bits per heavy atom. The third-order valence-corrected chi connectivity index (χ3v) is 15.6. The Morgan fingerprint density at radius 2 is 1.81 bits per heavy atom. The van der Waals surface area contributed by atoms with E-state index in [1.54, 1.807) is 20.1 Å². The molecule has 2 bridgehead atoms. The van der Waals surface area contributed by atoms with Gasteiger partial charge in [-0.3, -0.25) is 19.1 Å². The van der Waals surface area contributed by atoms with Crippen molar-refractivity contribution in [3.8, 4) is 11.6 Å². The smallest absolute Gasteiger partial charge is 0.408 e. The molecule has 0 spiro atoms. The number of alkyl carbamates (subject to hydrolysis) is 1.